The van der Waals surface area contributed by atoms with Crippen molar-refractivity contribution in [3.05, 3.63) is 36.4 Å². The van der Waals surface area contributed by atoms with Gasteiger partial charge in [-0.15, -0.1) is 0 Å². The molecule has 20 heavy (non-hydrogen) atoms. The highest BCUT2D eigenvalue weighted by molar-refractivity contribution is 5.86. The molecule has 2 rings (SSSR count). The fourth-order valence-corrected chi connectivity index (χ4v) is 1.49. The van der Waals surface area contributed by atoms with Crippen molar-refractivity contribution in [1.29, 1.82) is 0 Å². The summed E-state index contributed by atoms with van der Waals surface area (Å²) in [5.41, 5.74) is 0.268. The van der Waals surface area contributed by atoms with Gasteiger partial charge in [0.1, 0.15) is 0 Å². The van der Waals surface area contributed by atoms with Crippen molar-refractivity contribution in [1.82, 2.24) is 19.5 Å². The predicted molar refractivity (Wildman–Crippen MR) is 68.7 cm³/mol. The molecule has 0 aromatic carbocycles. The molecule has 0 fully saturated rings. The number of nitrogens with zero attached hydrogens (tertiary/aromatic N) is 4. The third kappa shape index (κ3) is 3.74. The number of carbonyl (C=O) groups excluding carboxylic acids is 1. The molecule has 0 bridgehead atoms. The number of hydrogen-bond donors (Lipinski definition) is 1. The molecule has 0 saturated carbocycles. The number of nitrogens with one attached hydrogen (secondary N) is 1. The van der Waals surface area contributed by atoms with E-state index in [2.05, 4.69) is 20.3 Å². The molecule has 0 aliphatic rings. The minimum absolute atomic E-state index is 0.268. The van der Waals surface area contributed by atoms with Gasteiger partial charge < -0.3 is 14.6 Å². The lowest BCUT2D eigenvalue weighted by Crippen LogP contribution is -2.11. The Morgan fingerprint density at radius 3 is 2.85 bits per heavy atom. The predicted octanol–water partition coefficient (Wildman–Crippen LogP) is 1.10. The van der Waals surface area contributed by atoms with Crippen LogP contribution in [0.25, 0.3) is 0 Å². The summed E-state index contributed by atoms with van der Waals surface area (Å²) in [5, 5.41) is 2.93. The number of esters is 1. The number of rotatable bonds is 6. The molecular weight excluding hydrogens is 265 g/mol. The van der Waals surface area contributed by atoms with Gasteiger partial charge in [0.2, 0.25) is 5.95 Å². The Labute approximate surface area is 114 Å². The Bertz CT molecular complexity index is 569. The van der Waals surface area contributed by atoms with Crippen molar-refractivity contribution < 1.29 is 13.9 Å². The van der Waals surface area contributed by atoms with Crippen LogP contribution in [0.2, 0.25) is 0 Å². The van der Waals surface area contributed by atoms with Crippen LogP contribution >= 0.6 is 0 Å². The molecule has 0 saturated heterocycles. The monoisotopic (exact) mass is 279 g/mol. The van der Waals surface area contributed by atoms with E-state index in [0.29, 0.717) is 25.6 Å². The van der Waals surface area contributed by atoms with Gasteiger partial charge in [0.05, 0.1) is 25.3 Å². The first-order valence-corrected chi connectivity index (χ1v) is 6.09. The molecule has 8 heteroatoms. The molecule has 0 aliphatic carbocycles. The van der Waals surface area contributed by atoms with E-state index in [1.807, 2.05) is 0 Å². The topological polar surface area (TPSA) is 81.9 Å². The summed E-state index contributed by atoms with van der Waals surface area (Å²) in [6.45, 7) is 3.13. The Morgan fingerprint density at radius 2 is 2.15 bits per heavy atom. The lowest BCUT2D eigenvalue weighted by Gasteiger charge is -2.04. The molecule has 7 nitrogen and oxygen atoms in total. The SMILES string of the molecule is CCOC(=O)c1cn(CCNc2ncc(F)cn2)cn1. The van der Waals surface area contributed by atoms with Crippen LogP contribution in [0.4, 0.5) is 10.3 Å². The number of carbonyl (C=O) groups is 1. The maximum atomic E-state index is 12.6. The molecule has 106 valence electrons. The van der Waals surface area contributed by atoms with Crippen molar-refractivity contribution in [2.45, 2.75) is 13.5 Å². The van der Waals surface area contributed by atoms with Crippen LogP contribution in [0.3, 0.4) is 0 Å². The summed E-state index contributed by atoms with van der Waals surface area (Å²) in [6, 6.07) is 0. The minimum atomic E-state index is -0.482. The number of anilines is 1. The van der Waals surface area contributed by atoms with Gasteiger partial charge in [-0.1, -0.05) is 0 Å². The van der Waals surface area contributed by atoms with E-state index in [0.717, 1.165) is 12.4 Å². The fraction of sp³-hybridized carbons (Fsp3) is 0.333. The second-order valence-corrected chi connectivity index (χ2v) is 3.87. The molecule has 0 aliphatic heterocycles. The van der Waals surface area contributed by atoms with Crippen LogP contribution in [-0.2, 0) is 11.3 Å². The van der Waals surface area contributed by atoms with Gasteiger partial charge in [-0.05, 0) is 6.92 Å². The first-order valence-electron chi connectivity index (χ1n) is 6.09. The Kier molecular flexibility index (Phi) is 4.59. The lowest BCUT2D eigenvalue weighted by atomic mass is 10.5. The smallest absolute Gasteiger partial charge is 0.358 e. The zero-order valence-electron chi connectivity index (χ0n) is 10.9. The fourth-order valence-electron chi connectivity index (χ4n) is 1.49. The van der Waals surface area contributed by atoms with Crippen LogP contribution in [0.15, 0.2) is 24.9 Å². The Morgan fingerprint density at radius 1 is 1.40 bits per heavy atom. The van der Waals surface area contributed by atoms with Gasteiger partial charge in [0.15, 0.2) is 11.5 Å². The standard InChI is InChI=1S/C12H14FN5O2/c1-2-20-11(19)10-7-18(8-17-10)4-3-14-12-15-5-9(13)6-16-12/h5-8H,2-4H2,1H3,(H,14,15,16). The average molecular weight is 279 g/mol. The van der Waals surface area contributed by atoms with Crippen molar-refractivity contribution >= 4 is 11.9 Å². The highest BCUT2D eigenvalue weighted by Gasteiger charge is 2.09. The van der Waals surface area contributed by atoms with Crippen molar-refractivity contribution in [2.75, 3.05) is 18.5 Å². The zero-order valence-corrected chi connectivity index (χ0v) is 10.9. The molecule has 0 spiro atoms. The maximum Gasteiger partial charge on any atom is 0.358 e. The third-order valence-electron chi connectivity index (χ3n) is 2.39. The summed E-state index contributed by atoms with van der Waals surface area (Å²) < 4.78 is 19.2. The highest BCUT2D eigenvalue weighted by atomic mass is 19.1. The Hall–Kier alpha value is -2.51. The van der Waals surface area contributed by atoms with E-state index in [1.54, 1.807) is 24.0 Å². The van der Waals surface area contributed by atoms with Crippen LogP contribution in [-0.4, -0.2) is 38.6 Å². The van der Waals surface area contributed by atoms with Crippen LogP contribution in [0.5, 0.6) is 0 Å². The maximum absolute atomic E-state index is 12.6. The van der Waals surface area contributed by atoms with Gasteiger partial charge in [-0.2, -0.15) is 0 Å². The van der Waals surface area contributed by atoms with E-state index in [9.17, 15) is 9.18 Å². The number of imidazole rings is 1. The van der Waals surface area contributed by atoms with Gasteiger partial charge in [0, 0.05) is 19.3 Å². The molecule has 0 unspecified atom stereocenters. The van der Waals surface area contributed by atoms with Crippen molar-refractivity contribution in [3.8, 4) is 0 Å². The summed E-state index contributed by atoms with van der Waals surface area (Å²) in [6.07, 6.45) is 5.32. The molecular formula is C12H14FN5O2. The summed E-state index contributed by atoms with van der Waals surface area (Å²) >= 11 is 0. The molecule has 0 amide bonds. The lowest BCUT2D eigenvalue weighted by molar-refractivity contribution is 0.0520. The number of aromatic nitrogens is 4. The number of ether oxygens (including phenoxy) is 1. The van der Waals surface area contributed by atoms with Crippen molar-refractivity contribution in [3.63, 3.8) is 0 Å². The quantitative estimate of drug-likeness (QED) is 0.797. The first-order chi connectivity index (χ1) is 9.69. The summed E-state index contributed by atoms with van der Waals surface area (Å²) in [7, 11) is 0. The molecule has 0 atom stereocenters. The second-order valence-electron chi connectivity index (χ2n) is 3.87. The average Bonchev–Trinajstić information content (AvgIpc) is 2.90. The number of hydrogen-bond acceptors (Lipinski definition) is 6. The van der Waals surface area contributed by atoms with Crippen LogP contribution in [0.1, 0.15) is 17.4 Å². The van der Waals surface area contributed by atoms with E-state index in [1.165, 1.54) is 0 Å². The van der Waals surface area contributed by atoms with E-state index >= 15 is 0 Å². The van der Waals surface area contributed by atoms with Gasteiger partial charge >= 0.3 is 5.97 Å². The largest absolute Gasteiger partial charge is 0.461 e. The minimum Gasteiger partial charge on any atom is -0.461 e. The highest BCUT2D eigenvalue weighted by Crippen LogP contribution is 2.01. The van der Waals surface area contributed by atoms with Crippen molar-refractivity contribution in [2.24, 2.45) is 0 Å². The molecule has 2 aromatic rings. The van der Waals surface area contributed by atoms with E-state index in [-0.39, 0.29) is 5.69 Å². The first kappa shape index (κ1) is 13.9. The van der Waals surface area contributed by atoms with E-state index < -0.39 is 11.8 Å². The van der Waals surface area contributed by atoms with E-state index in [4.69, 9.17) is 4.74 Å². The normalized spacial score (nSPS) is 10.3. The van der Waals surface area contributed by atoms with Crippen LogP contribution in [0, 0.1) is 5.82 Å². The van der Waals surface area contributed by atoms with Gasteiger partial charge in [-0.25, -0.2) is 24.1 Å². The molecule has 2 aromatic heterocycles. The van der Waals surface area contributed by atoms with Gasteiger partial charge in [0.25, 0.3) is 0 Å². The third-order valence-corrected chi connectivity index (χ3v) is 2.39. The molecule has 0 radical (unpaired) electrons. The van der Waals surface area contributed by atoms with Gasteiger partial charge in [-0.3, -0.25) is 0 Å². The Balaban J connectivity index is 1.82. The second kappa shape index (κ2) is 6.60. The summed E-state index contributed by atoms with van der Waals surface area (Å²) in [4.78, 5) is 22.9. The molecule has 1 N–H and O–H groups in total. The van der Waals surface area contributed by atoms with Crippen LogP contribution < -0.4 is 5.32 Å². The zero-order chi connectivity index (χ0) is 14.4. The summed E-state index contributed by atoms with van der Waals surface area (Å²) in [5.74, 6) is -0.581. The number of halogens is 1. The molecule has 2 heterocycles.